The Labute approximate surface area is 147 Å². The van der Waals surface area contributed by atoms with Gasteiger partial charge in [-0.1, -0.05) is 17.7 Å². The van der Waals surface area contributed by atoms with Crippen molar-refractivity contribution < 1.29 is 19.6 Å². The van der Waals surface area contributed by atoms with Crippen LogP contribution in [0.25, 0.3) is 0 Å². The number of phenolic OH excluding ortho intramolecular Hbond substituents is 1. The van der Waals surface area contributed by atoms with Gasteiger partial charge in [0.15, 0.2) is 11.5 Å². The first kappa shape index (κ1) is 18.2. The predicted molar refractivity (Wildman–Crippen MR) is 92.6 cm³/mol. The third-order valence-corrected chi connectivity index (χ3v) is 3.57. The number of ether oxygens (including phenoxy) is 1. The lowest BCUT2D eigenvalue weighted by Gasteiger charge is -2.06. The molecule has 130 valence electrons. The number of carbonyl (C=O) groups is 1. The van der Waals surface area contributed by atoms with Crippen molar-refractivity contribution in [2.75, 3.05) is 7.11 Å². The van der Waals surface area contributed by atoms with Gasteiger partial charge in [-0.25, -0.2) is 5.43 Å². The van der Waals surface area contributed by atoms with Crippen molar-refractivity contribution in [3.63, 3.8) is 0 Å². The molecule has 0 radical (unpaired) electrons. The van der Waals surface area contributed by atoms with Gasteiger partial charge in [0, 0.05) is 11.6 Å². The van der Waals surface area contributed by atoms with Gasteiger partial charge in [0.05, 0.1) is 34.9 Å². The van der Waals surface area contributed by atoms with Crippen LogP contribution in [0.15, 0.2) is 35.4 Å². The first-order chi connectivity index (χ1) is 11.8. The third-order valence-electron chi connectivity index (χ3n) is 3.26. The second kappa shape index (κ2) is 7.63. The van der Waals surface area contributed by atoms with Crippen molar-refractivity contribution in [2.45, 2.75) is 6.92 Å². The lowest BCUT2D eigenvalue weighted by molar-refractivity contribution is -0.385. The van der Waals surface area contributed by atoms with Crippen LogP contribution in [0.2, 0.25) is 5.02 Å². The summed E-state index contributed by atoms with van der Waals surface area (Å²) in [5.41, 5.74) is 3.10. The van der Waals surface area contributed by atoms with Crippen LogP contribution >= 0.6 is 11.6 Å². The molecule has 0 heterocycles. The Bertz CT molecular complexity index is 867. The van der Waals surface area contributed by atoms with Crippen LogP contribution in [0.3, 0.4) is 0 Å². The van der Waals surface area contributed by atoms with Crippen molar-refractivity contribution in [1.82, 2.24) is 5.43 Å². The molecule has 8 nitrogen and oxygen atoms in total. The molecule has 2 aromatic rings. The lowest BCUT2D eigenvalue weighted by atomic mass is 10.1. The zero-order valence-corrected chi connectivity index (χ0v) is 14.1. The van der Waals surface area contributed by atoms with Crippen LogP contribution in [0, 0.1) is 17.0 Å². The molecular weight excluding hydrogens is 350 g/mol. The molecular formula is C16H14ClN3O5. The summed E-state index contributed by atoms with van der Waals surface area (Å²) in [4.78, 5) is 22.3. The largest absolute Gasteiger partial charge is 0.504 e. The van der Waals surface area contributed by atoms with Crippen molar-refractivity contribution >= 4 is 29.4 Å². The molecule has 1 amide bonds. The van der Waals surface area contributed by atoms with E-state index in [0.29, 0.717) is 0 Å². The van der Waals surface area contributed by atoms with E-state index in [-0.39, 0.29) is 33.3 Å². The minimum Gasteiger partial charge on any atom is -0.504 e. The normalized spacial score (nSPS) is 10.7. The number of aromatic hydroxyl groups is 1. The smallest absolute Gasteiger partial charge is 0.274 e. The maximum absolute atomic E-state index is 12.0. The number of amides is 1. The predicted octanol–water partition coefficient (Wildman–Crippen LogP) is 3.03. The maximum atomic E-state index is 12.0. The van der Waals surface area contributed by atoms with Gasteiger partial charge in [-0.05, 0) is 24.6 Å². The minimum atomic E-state index is -0.635. The monoisotopic (exact) mass is 363 g/mol. The van der Waals surface area contributed by atoms with E-state index in [1.54, 1.807) is 18.2 Å². The molecule has 25 heavy (non-hydrogen) atoms. The molecule has 2 rings (SSSR count). The number of nitro benzene ring substituents is 1. The Morgan fingerprint density at radius 1 is 1.40 bits per heavy atom. The van der Waals surface area contributed by atoms with Gasteiger partial charge in [0.2, 0.25) is 0 Å². The van der Waals surface area contributed by atoms with Gasteiger partial charge in [-0.2, -0.15) is 5.10 Å². The van der Waals surface area contributed by atoms with Crippen molar-refractivity contribution in [3.8, 4) is 11.5 Å². The zero-order valence-electron chi connectivity index (χ0n) is 13.3. The van der Waals surface area contributed by atoms with Crippen LogP contribution in [-0.4, -0.2) is 29.3 Å². The molecule has 0 bridgehead atoms. The van der Waals surface area contributed by atoms with Gasteiger partial charge in [-0.15, -0.1) is 0 Å². The van der Waals surface area contributed by atoms with E-state index < -0.39 is 10.8 Å². The van der Waals surface area contributed by atoms with E-state index in [4.69, 9.17) is 16.3 Å². The second-order valence-electron chi connectivity index (χ2n) is 5.03. The summed E-state index contributed by atoms with van der Waals surface area (Å²) in [6.07, 6.45) is 1.07. The van der Waals surface area contributed by atoms with Crippen molar-refractivity contribution in [2.24, 2.45) is 5.10 Å². The van der Waals surface area contributed by atoms with Gasteiger partial charge < -0.3 is 9.84 Å². The highest BCUT2D eigenvalue weighted by molar-refractivity contribution is 6.33. The minimum absolute atomic E-state index is 0.0151. The SMILES string of the molecule is COc1cc([N+](=O)[O-])cc(/C=N\NC(=O)c2ccc(C)cc2Cl)c1O. The fraction of sp³-hybridized carbons (Fsp3) is 0.125. The van der Waals surface area contributed by atoms with Crippen molar-refractivity contribution in [3.05, 3.63) is 62.2 Å². The van der Waals surface area contributed by atoms with Crippen LogP contribution in [0.1, 0.15) is 21.5 Å². The average Bonchev–Trinajstić information content (AvgIpc) is 2.55. The first-order valence-electron chi connectivity index (χ1n) is 6.98. The Hall–Kier alpha value is -3.13. The summed E-state index contributed by atoms with van der Waals surface area (Å²) in [5.74, 6) is -0.971. The highest BCUT2D eigenvalue weighted by atomic mass is 35.5. The van der Waals surface area contributed by atoms with Gasteiger partial charge in [0.25, 0.3) is 11.6 Å². The van der Waals surface area contributed by atoms with E-state index >= 15 is 0 Å². The number of halogens is 1. The number of nitrogens with one attached hydrogen (secondary N) is 1. The van der Waals surface area contributed by atoms with Crippen LogP contribution < -0.4 is 10.2 Å². The summed E-state index contributed by atoms with van der Waals surface area (Å²) in [7, 11) is 1.26. The Kier molecular flexibility index (Phi) is 5.56. The number of aryl methyl sites for hydroxylation is 1. The lowest BCUT2D eigenvalue weighted by Crippen LogP contribution is -2.18. The number of hydrogen-bond donors (Lipinski definition) is 2. The number of methoxy groups -OCH3 is 1. The highest BCUT2D eigenvalue weighted by Gasteiger charge is 2.16. The van der Waals surface area contributed by atoms with Gasteiger partial charge in [0.1, 0.15) is 0 Å². The fourth-order valence-electron chi connectivity index (χ4n) is 2.00. The van der Waals surface area contributed by atoms with Crippen LogP contribution in [0.4, 0.5) is 5.69 Å². The van der Waals surface area contributed by atoms with Crippen LogP contribution in [0.5, 0.6) is 11.5 Å². The number of hydrogen-bond acceptors (Lipinski definition) is 6. The van der Waals surface area contributed by atoms with E-state index in [0.717, 1.165) is 23.9 Å². The number of hydrazone groups is 1. The quantitative estimate of drug-likeness (QED) is 0.481. The van der Waals surface area contributed by atoms with Crippen molar-refractivity contribution in [1.29, 1.82) is 0 Å². The summed E-state index contributed by atoms with van der Waals surface area (Å²) >= 11 is 6.00. The van der Waals surface area contributed by atoms with E-state index in [2.05, 4.69) is 10.5 Å². The Morgan fingerprint density at radius 3 is 2.72 bits per heavy atom. The molecule has 0 spiro atoms. The number of rotatable bonds is 5. The van der Waals surface area contributed by atoms with E-state index in [9.17, 15) is 20.0 Å². The number of benzene rings is 2. The topological polar surface area (TPSA) is 114 Å². The number of non-ortho nitro benzene ring substituents is 1. The number of phenols is 1. The maximum Gasteiger partial charge on any atom is 0.274 e. The molecule has 0 aromatic heterocycles. The molecule has 0 saturated carbocycles. The molecule has 0 aliphatic rings. The molecule has 0 unspecified atom stereocenters. The molecule has 2 N–H and O–H groups in total. The summed E-state index contributed by atoms with van der Waals surface area (Å²) < 4.78 is 4.88. The standard InChI is InChI=1S/C16H14ClN3O5/c1-9-3-4-12(13(17)5-9)16(22)19-18-8-10-6-11(20(23)24)7-14(25-2)15(10)21/h3-8,21H,1-2H3,(H,19,22)/b18-8-. The number of nitrogens with zero attached hydrogens (tertiary/aromatic N) is 2. The number of carbonyl (C=O) groups excluding carboxylic acids is 1. The summed E-state index contributed by atoms with van der Waals surface area (Å²) in [6, 6.07) is 7.10. The summed E-state index contributed by atoms with van der Waals surface area (Å²) in [6.45, 7) is 1.84. The molecule has 0 fully saturated rings. The Morgan fingerprint density at radius 2 is 2.12 bits per heavy atom. The first-order valence-corrected chi connectivity index (χ1v) is 7.36. The number of nitro groups is 1. The van der Waals surface area contributed by atoms with Gasteiger partial charge in [-0.3, -0.25) is 14.9 Å². The molecule has 0 aliphatic heterocycles. The molecule has 0 saturated heterocycles. The highest BCUT2D eigenvalue weighted by Crippen LogP contribution is 2.33. The zero-order chi connectivity index (χ0) is 18.6. The van der Waals surface area contributed by atoms with E-state index in [1.165, 1.54) is 7.11 Å². The average molecular weight is 364 g/mol. The fourth-order valence-corrected chi connectivity index (χ4v) is 2.32. The van der Waals surface area contributed by atoms with Crippen LogP contribution in [-0.2, 0) is 0 Å². The molecule has 9 heteroatoms. The molecule has 0 aliphatic carbocycles. The van der Waals surface area contributed by atoms with E-state index in [1.807, 2.05) is 6.92 Å². The molecule has 2 aromatic carbocycles. The molecule has 0 atom stereocenters. The Balaban J connectivity index is 2.23. The third kappa shape index (κ3) is 4.24. The van der Waals surface area contributed by atoms with Gasteiger partial charge >= 0.3 is 0 Å². The summed E-state index contributed by atoms with van der Waals surface area (Å²) in [5, 5.41) is 24.9. The second-order valence-corrected chi connectivity index (χ2v) is 5.43.